The van der Waals surface area contributed by atoms with Gasteiger partial charge in [-0.3, -0.25) is 4.90 Å². The molecule has 0 aromatic carbocycles. The molecule has 1 fully saturated rings. The predicted octanol–water partition coefficient (Wildman–Crippen LogP) is 3.03. The van der Waals surface area contributed by atoms with Crippen molar-refractivity contribution >= 4 is 0 Å². The van der Waals surface area contributed by atoms with E-state index in [1.165, 1.54) is 32.2 Å². The Morgan fingerprint density at radius 2 is 1.88 bits per heavy atom. The van der Waals surface area contributed by atoms with E-state index in [1.807, 2.05) is 0 Å². The van der Waals surface area contributed by atoms with Crippen LogP contribution in [-0.2, 0) is 0 Å². The molecule has 0 bridgehead atoms. The molecule has 0 spiro atoms. The topological polar surface area (TPSA) is 15.3 Å². The molecule has 1 heterocycles. The van der Waals surface area contributed by atoms with Crippen molar-refractivity contribution in [2.45, 2.75) is 77.9 Å². The average Bonchev–Trinajstić information content (AvgIpc) is 2.31. The van der Waals surface area contributed by atoms with Crippen LogP contribution in [0.2, 0.25) is 0 Å². The molecule has 2 heteroatoms. The maximum absolute atomic E-state index is 3.74. The molecule has 0 aliphatic carbocycles. The highest BCUT2D eigenvalue weighted by Gasteiger charge is 2.35. The molecule has 1 rings (SSSR count). The third-order valence-corrected chi connectivity index (χ3v) is 4.43. The van der Waals surface area contributed by atoms with Gasteiger partial charge in [0.05, 0.1) is 0 Å². The molecular formula is C14H30N2. The molecule has 2 unspecified atom stereocenters. The Kier molecular flexibility index (Phi) is 5.26. The molecule has 2 atom stereocenters. The second-order valence-electron chi connectivity index (χ2n) is 5.50. The fraction of sp³-hybridized carbons (Fsp3) is 1.00. The summed E-state index contributed by atoms with van der Waals surface area (Å²) in [4.78, 5) is 2.76. The van der Waals surface area contributed by atoms with Crippen molar-refractivity contribution < 1.29 is 0 Å². The maximum atomic E-state index is 3.74. The molecule has 1 aliphatic rings. The lowest BCUT2D eigenvalue weighted by Gasteiger charge is -2.49. The highest BCUT2D eigenvalue weighted by Crippen LogP contribution is 2.24. The molecule has 0 aromatic rings. The van der Waals surface area contributed by atoms with Gasteiger partial charge in [0.15, 0.2) is 0 Å². The normalized spacial score (nSPS) is 32.2. The number of piperazine rings is 1. The number of hydrogen-bond acceptors (Lipinski definition) is 2. The van der Waals surface area contributed by atoms with Gasteiger partial charge in [0.1, 0.15) is 0 Å². The van der Waals surface area contributed by atoms with E-state index in [0.29, 0.717) is 5.54 Å². The molecule has 2 nitrogen and oxygen atoms in total. The van der Waals surface area contributed by atoms with Crippen LogP contribution in [0.1, 0.15) is 60.3 Å². The summed E-state index contributed by atoms with van der Waals surface area (Å²) >= 11 is 0. The minimum atomic E-state index is 0.328. The zero-order valence-electron chi connectivity index (χ0n) is 11.8. The van der Waals surface area contributed by atoms with Crippen molar-refractivity contribution in [3.8, 4) is 0 Å². The smallest absolute Gasteiger partial charge is 0.0278 e. The van der Waals surface area contributed by atoms with Gasteiger partial charge in [-0.2, -0.15) is 0 Å². The van der Waals surface area contributed by atoms with Crippen molar-refractivity contribution in [1.29, 1.82) is 0 Å². The summed E-state index contributed by atoms with van der Waals surface area (Å²) in [5, 5.41) is 3.74. The standard InChI is InChI=1S/C14H30N2/c1-6-12(7-2)16-11-14(5,9-4)15-10-13(16)8-3/h12-13,15H,6-11H2,1-5H3. The minimum Gasteiger partial charge on any atom is -0.309 e. The quantitative estimate of drug-likeness (QED) is 0.775. The average molecular weight is 226 g/mol. The van der Waals surface area contributed by atoms with Crippen LogP contribution >= 0.6 is 0 Å². The molecule has 16 heavy (non-hydrogen) atoms. The Balaban J connectivity index is 2.74. The van der Waals surface area contributed by atoms with Gasteiger partial charge in [-0.25, -0.2) is 0 Å². The monoisotopic (exact) mass is 226 g/mol. The first-order valence-corrected chi connectivity index (χ1v) is 7.10. The highest BCUT2D eigenvalue weighted by molar-refractivity contribution is 4.95. The van der Waals surface area contributed by atoms with E-state index in [9.17, 15) is 0 Å². The summed E-state index contributed by atoms with van der Waals surface area (Å²) in [6, 6.07) is 1.52. The molecule has 0 aromatic heterocycles. The summed E-state index contributed by atoms with van der Waals surface area (Å²) < 4.78 is 0. The van der Waals surface area contributed by atoms with E-state index in [4.69, 9.17) is 0 Å². The van der Waals surface area contributed by atoms with Gasteiger partial charge < -0.3 is 5.32 Å². The lowest BCUT2D eigenvalue weighted by atomic mass is 9.90. The molecule has 96 valence electrons. The molecule has 1 aliphatic heterocycles. The summed E-state index contributed by atoms with van der Waals surface area (Å²) in [5.41, 5.74) is 0.328. The first-order chi connectivity index (χ1) is 7.60. The van der Waals surface area contributed by atoms with Crippen molar-refractivity contribution in [1.82, 2.24) is 10.2 Å². The SMILES string of the molecule is CCC(CC)N1CC(C)(CC)NCC1CC. The second kappa shape index (κ2) is 6.02. The lowest BCUT2D eigenvalue weighted by molar-refractivity contribution is 0.0404. The molecule has 0 radical (unpaired) electrons. The Morgan fingerprint density at radius 3 is 2.31 bits per heavy atom. The van der Waals surface area contributed by atoms with Crippen molar-refractivity contribution in [3.05, 3.63) is 0 Å². The Labute approximate surface area is 102 Å². The third kappa shape index (κ3) is 2.98. The van der Waals surface area contributed by atoms with E-state index in [-0.39, 0.29) is 0 Å². The van der Waals surface area contributed by atoms with Gasteiger partial charge in [-0.1, -0.05) is 27.7 Å². The van der Waals surface area contributed by atoms with Crippen LogP contribution in [0.15, 0.2) is 0 Å². The van der Waals surface area contributed by atoms with Gasteiger partial charge in [0.25, 0.3) is 0 Å². The first kappa shape index (κ1) is 14.0. The fourth-order valence-corrected chi connectivity index (χ4v) is 2.87. The first-order valence-electron chi connectivity index (χ1n) is 7.10. The van der Waals surface area contributed by atoms with Crippen LogP contribution in [0.25, 0.3) is 0 Å². The van der Waals surface area contributed by atoms with Crippen molar-refractivity contribution in [2.24, 2.45) is 0 Å². The van der Waals surface area contributed by atoms with Crippen LogP contribution in [0.3, 0.4) is 0 Å². The van der Waals surface area contributed by atoms with Gasteiger partial charge in [-0.15, -0.1) is 0 Å². The summed E-state index contributed by atoms with van der Waals surface area (Å²) in [7, 11) is 0. The molecule has 0 saturated carbocycles. The van der Waals surface area contributed by atoms with Gasteiger partial charge in [0, 0.05) is 30.7 Å². The van der Waals surface area contributed by atoms with E-state index < -0.39 is 0 Å². The summed E-state index contributed by atoms with van der Waals surface area (Å²) in [6.45, 7) is 14.0. The van der Waals surface area contributed by atoms with Gasteiger partial charge >= 0.3 is 0 Å². The van der Waals surface area contributed by atoms with Crippen LogP contribution in [-0.4, -0.2) is 35.6 Å². The number of nitrogens with zero attached hydrogens (tertiary/aromatic N) is 1. The third-order valence-electron chi connectivity index (χ3n) is 4.43. The van der Waals surface area contributed by atoms with Crippen LogP contribution < -0.4 is 5.32 Å². The zero-order valence-corrected chi connectivity index (χ0v) is 11.8. The number of hydrogen-bond donors (Lipinski definition) is 1. The minimum absolute atomic E-state index is 0.328. The molecular weight excluding hydrogens is 196 g/mol. The largest absolute Gasteiger partial charge is 0.309 e. The zero-order chi connectivity index (χ0) is 12.2. The Morgan fingerprint density at radius 1 is 1.25 bits per heavy atom. The predicted molar refractivity (Wildman–Crippen MR) is 71.9 cm³/mol. The van der Waals surface area contributed by atoms with Crippen LogP contribution in [0.5, 0.6) is 0 Å². The summed E-state index contributed by atoms with van der Waals surface area (Å²) in [5.74, 6) is 0. The second-order valence-corrected chi connectivity index (χ2v) is 5.50. The Bertz CT molecular complexity index is 193. The highest BCUT2D eigenvalue weighted by atomic mass is 15.3. The fourth-order valence-electron chi connectivity index (χ4n) is 2.87. The Hall–Kier alpha value is -0.0800. The van der Waals surface area contributed by atoms with Gasteiger partial charge in [-0.05, 0) is 32.6 Å². The number of rotatable bonds is 5. The summed E-state index contributed by atoms with van der Waals surface area (Å²) in [6.07, 6.45) is 5.06. The van der Waals surface area contributed by atoms with E-state index in [1.54, 1.807) is 0 Å². The molecule has 1 saturated heterocycles. The lowest BCUT2D eigenvalue weighted by Crippen LogP contribution is -2.64. The van der Waals surface area contributed by atoms with E-state index in [2.05, 4.69) is 44.8 Å². The van der Waals surface area contributed by atoms with Crippen LogP contribution in [0, 0.1) is 0 Å². The van der Waals surface area contributed by atoms with Crippen LogP contribution in [0.4, 0.5) is 0 Å². The molecule has 1 N–H and O–H groups in total. The van der Waals surface area contributed by atoms with E-state index >= 15 is 0 Å². The van der Waals surface area contributed by atoms with Crippen molar-refractivity contribution in [2.75, 3.05) is 13.1 Å². The van der Waals surface area contributed by atoms with E-state index in [0.717, 1.165) is 18.6 Å². The number of nitrogens with one attached hydrogen (secondary N) is 1. The van der Waals surface area contributed by atoms with Crippen molar-refractivity contribution in [3.63, 3.8) is 0 Å². The van der Waals surface area contributed by atoms with Gasteiger partial charge in [0.2, 0.25) is 0 Å². The molecule has 0 amide bonds. The maximum Gasteiger partial charge on any atom is 0.0278 e.